The zero-order valence-corrected chi connectivity index (χ0v) is 20.1. The minimum atomic E-state index is -0.677. The van der Waals surface area contributed by atoms with E-state index in [0.717, 1.165) is 16.0 Å². The van der Waals surface area contributed by atoms with Gasteiger partial charge in [-0.05, 0) is 62.8 Å². The Kier molecular flexibility index (Phi) is 7.39. The number of amides is 1. The lowest BCUT2D eigenvalue weighted by Gasteiger charge is -2.19. The summed E-state index contributed by atoms with van der Waals surface area (Å²) in [4.78, 5) is 25.0. The SMILES string of the molecule is COc1cccc(CNC(=S)NNC(=O)c2ccc3c(cnn3C(=O)OC(C)(C)C)c2Cl)c1. The van der Waals surface area contributed by atoms with Gasteiger partial charge in [0.25, 0.3) is 5.91 Å². The molecule has 0 aliphatic rings. The molecule has 9 nitrogen and oxygen atoms in total. The molecule has 0 saturated heterocycles. The molecule has 1 heterocycles. The first-order valence-electron chi connectivity index (χ1n) is 9.96. The van der Waals surface area contributed by atoms with E-state index in [4.69, 9.17) is 33.3 Å². The highest BCUT2D eigenvalue weighted by Crippen LogP contribution is 2.27. The van der Waals surface area contributed by atoms with Gasteiger partial charge in [0.2, 0.25) is 0 Å². The summed E-state index contributed by atoms with van der Waals surface area (Å²) in [7, 11) is 1.60. The van der Waals surface area contributed by atoms with Gasteiger partial charge in [-0.3, -0.25) is 15.6 Å². The molecule has 0 radical (unpaired) electrons. The van der Waals surface area contributed by atoms with Gasteiger partial charge in [-0.25, -0.2) is 4.79 Å². The summed E-state index contributed by atoms with van der Waals surface area (Å²) in [5.74, 6) is 0.235. The molecule has 3 N–H and O–H groups in total. The Morgan fingerprint density at radius 3 is 2.64 bits per heavy atom. The molecule has 0 fully saturated rings. The van der Waals surface area contributed by atoms with E-state index in [1.54, 1.807) is 33.9 Å². The number of hydrogen-bond donors (Lipinski definition) is 3. The molecule has 0 unspecified atom stereocenters. The Bertz CT molecular complexity index is 1210. The van der Waals surface area contributed by atoms with E-state index in [-0.39, 0.29) is 15.7 Å². The highest BCUT2D eigenvalue weighted by atomic mass is 35.5. The molecule has 1 aromatic heterocycles. The Balaban J connectivity index is 1.63. The molecule has 174 valence electrons. The second-order valence-electron chi connectivity index (χ2n) is 8.01. The van der Waals surface area contributed by atoms with Crippen molar-refractivity contribution < 1.29 is 19.1 Å². The smallest absolute Gasteiger partial charge is 0.435 e. The van der Waals surface area contributed by atoms with Gasteiger partial charge in [0.1, 0.15) is 11.4 Å². The number of fused-ring (bicyclic) bond motifs is 1. The number of halogens is 1. The minimum Gasteiger partial charge on any atom is -0.497 e. The van der Waals surface area contributed by atoms with E-state index in [1.807, 2.05) is 24.3 Å². The Morgan fingerprint density at radius 1 is 1.18 bits per heavy atom. The molecule has 3 aromatic rings. The van der Waals surface area contributed by atoms with E-state index in [9.17, 15) is 9.59 Å². The molecular weight excluding hydrogens is 466 g/mol. The fourth-order valence-corrected chi connectivity index (χ4v) is 3.30. The van der Waals surface area contributed by atoms with Gasteiger partial charge in [-0.1, -0.05) is 23.7 Å². The summed E-state index contributed by atoms with van der Waals surface area (Å²) in [6, 6.07) is 10.6. The van der Waals surface area contributed by atoms with Crippen molar-refractivity contribution in [2.45, 2.75) is 32.9 Å². The monoisotopic (exact) mass is 489 g/mol. The summed E-state index contributed by atoms with van der Waals surface area (Å²) in [5.41, 5.74) is 6.04. The number of hydrogen-bond acceptors (Lipinski definition) is 6. The lowest BCUT2D eigenvalue weighted by molar-refractivity contribution is 0.0522. The number of carbonyl (C=O) groups excluding carboxylic acids is 2. The van der Waals surface area contributed by atoms with Crippen molar-refractivity contribution in [3.63, 3.8) is 0 Å². The first-order chi connectivity index (χ1) is 15.6. The maximum Gasteiger partial charge on any atom is 0.435 e. The van der Waals surface area contributed by atoms with Crippen LogP contribution in [-0.2, 0) is 11.3 Å². The Hall–Kier alpha value is -3.37. The molecule has 3 rings (SSSR count). The zero-order valence-electron chi connectivity index (χ0n) is 18.6. The third kappa shape index (κ3) is 6.11. The quantitative estimate of drug-likeness (QED) is 0.375. The van der Waals surface area contributed by atoms with Crippen LogP contribution in [-0.4, -0.2) is 39.6 Å². The van der Waals surface area contributed by atoms with Crippen molar-refractivity contribution in [1.29, 1.82) is 0 Å². The number of nitrogens with one attached hydrogen (secondary N) is 3. The van der Waals surface area contributed by atoms with Gasteiger partial charge in [0.15, 0.2) is 5.11 Å². The third-order valence-electron chi connectivity index (χ3n) is 4.38. The first kappa shape index (κ1) is 24.3. The van der Waals surface area contributed by atoms with E-state index in [1.165, 1.54) is 12.3 Å². The largest absolute Gasteiger partial charge is 0.497 e. The van der Waals surface area contributed by atoms with Crippen LogP contribution in [0.25, 0.3) is 10.9 Å². The molecular formula is C22H24ClN5O4S. The number of benzene rings is 2. The van der Waals surface area contributed by atoms with Crippen LogP contribution in [0, 0.1) is 0 Å². The fourth-order valence-electron chi connectivity index (χ4n) is 2.88. The van der Waals surface area contributed by atoms with Crippen molar-refractivity contribution in [3.8, 4) is 5.75 Å². The Morgan fingerprint density at radius 2 is 1.94 bits per heavy atom. The van der Waals surface area contributed by atoms with Gasteiger partial charge in [-0.15, -0.1) is 0 Å². The molecule has 0 spiro atoms. The summed E-state index contributed by atoms with van der Waals surface area (Å²) in [5, 5.41) is 7.85. The van der Waals surface area contributed by atoms with Crippen molar-refractivity contribution >= 4 is 51.8 Å². The maximum absolute atomic E-state index is 12.6. The van der Waals surface area contributed by atoms with Crippen LogP contribution in [0.5, 0.6) is 5.75 Å². The van der Waals surface area contributed by atoms with Gasteiger partial charge < -0.3 is 14.8 Å². The average Bonchev–Trinajstić information content (AvgIpc) is 3.20. The highest BCUT2D eigenvalue weighted by Gasteiger charge is 2.22. The number of rotatable bonds is 4. The number of thiocarbonyl (C=S) groups is 1. The van der Waals surface area contributed by atoms with E-state index >= 15 is 0 Å². The lowest BCUT2D eigenvalue weighted by Crippen LogP contribution is -2.46. The van der Waals surface area contributed by atoms with Crippen LogP contribution in [0.1, 0.15) is 36.7 Å². The van der Waals surface area contributed by atoms with Gasteiger partial charge in [0.05, 0.1) is 29.4 Å². The summed E-state index contributed by atoms with van der Waals surface area (Å²) in [6.45, 7) is 5.72. The predicted molar refractivity (Wildman–Crippen MR) is 129 cm³/mol. The maximum atomic E-state index is 12.6. The molecule has 11 heteroatoms. The number of hydrazine groups is 1. The predicted octanol–water partition coefficient (Wildman–Crippen LogP) is 3.79. The number of ether oxygens (including phenoxy) is 2. The second kappa shape index (κ2) is 10.1. The topological polar surface area (TPSA) is 107 Å². The second-order valence-corrected chi connectivity index (χ2v) is 8.80. The van der Waals surface area contributed by atoms with E-state index in [2.05, 4.69) is 21.3 Å². The van der Waals surface area contributed by atoms with E-state index < -0.39 is 17.6 Å². The van der Waals surface area contributed by atoms with Crippen LogP contribution in [0.4, 0.5) is 4.79 Å². The van der Waals surface area contributed by atoms with Crippen LogP contribution < -0.4 is 20.9 Å². The molecule has 0 aliphatic carbocycles. The molecule has 33 heavy (non-hydrogen) atoms. The standard InChI is InChI=1S/C22H24ClN5O4S/c1-22(2,3)32-21(30)28-17-9-8-15(18(23)16(17)12-25-28)19(29)26-27-20(33)24-11-13-6-5-7-14(10-13)31-4/h5-10,12H,11H2,1-4H3,(H,26,29)(H2,24,27,33). The van der Waals surface area contributed by atoms with Crippen molar-refractivity contribution in [2.75, 3.05) is 7.11 Å². The van der Waals surface area contributed by atoms with Gasteiger partial charge >= 0.3 is 6.09 Å². The summed E-state index contributed by atoms with van der Waals surface area (Å²) in [6.07, 6.45) is 0.770. The highest BCUT2D eigenvalue weighted by molar-refractivity contribution is 7.80. The van der Waals surface area contributed by atoms with Crippen molar-refractivity contribution in [2.24, 2.45) is 0 Å². The van der Waals surface area contributed by atoms with Crippen LogP contribution in [0.15, 0.2) is 42.6 Å². The van der Waals surface area contributed by atoms with Crippen LogP contribution >= 0.6 is 23.8 Å². The molecule has 2 aromatic carbocycles. The Labute approximate surface area is 201 Å². The van der Waals surface area contributed by atoms with Gasteiger partial charge in [-0.2, -0.15) is 9.78 Å². The third-order valence-corrected chi connectivity index (χ3v) is 5.03. The van der Waals surface area contributed by atoms with Crippen molar-refractivity contribution in [1.82, 2.24) is 25.9 Å². The number of methoxy groups -OCH3 is 1. The van der Waals surface area contributed by atoms with Crippen LogP contribution in [0.3, 0.4) is 0 Å². The number of carbonyl (C=O) groups is 2. The molecule has 0 atom stereocenters. The van der Waals surface area contributed by atoms with Crippen molar-refractivity contribution in [3.05, 3.63) is 58.7 Å². The van der Waals surface area contributed by atoms with Crippen LogP contribution in [0.2, 0.25) is 5.02 Å². The molecule has 0 aliphatic heterocycles. The summed E-state index contributed by atoms with van der Waals surface area (Å²) < 4.78 is 11.6. The summed E-state index contributed by atoms with van der Waals surface area (Å²) >= 11 is 11.6. The molecule has 0 bridgehead atoms. The molecule has 1 amide bonds. The van der Waals surface area contributed by atoms with E-state index in [0.29, 0.717) is 17.4 Å². The first-order valence-corrected chi connectivity index (χ1v) is 10.7. The normalized spacial score (nSPS) is 11.1. The number of nitrogens with zero attached hydrogens (tertiary/aromatic N) is 2. The number of aromatic nitrogens is 2. The minimum absolute atomic E-state index is 0.150. The molecule has 0 saturated carbocycles. The average molecular weight is 490 g/mol. The zero-order chi connectivity index (χ0) is 24.2. The fraction of sp³-hybridized carbons (Fsp3) is 0.273. The lowest BCUT2D eigenvalue weighted by atomic mass is 10.1. The van der Waals surface area contributed by atoms with Gasteiger partial charge in [0, 0.05) is 11.9 Å².